The van der Waals surface area contributed by atoms with E-state index in [4.69, 9.17) is 0 Å². The maximum absolute atomic E-state index is 13.1. The molecule has 0 aliphatic carbocycles. The number of hydrogen-bond acceptors (Lipinski definition) is 5. The van der Waals surface area contributed by atoms with Gasteiger partial charge in [-0.15, -0.1) is 0 Å². The Balaban J connectivity index is 1.38. The van der Waals surface area contributed by atoms with Gasteiger partial charge in [0.15, 0.2) is 5.16 Å². The number of halogens is 1. The molecule has 0 radical (unpaired) electrons. The Bertz CT molecular complexity index is 952. The van der Waals surface area contributed by atoms with Crippen LogP contribution in [0.5, 0.6) is 0 Å². The topological polar surface area (TPSA) is 58.4 Å². The molecule has 2 aromatic rings. The molecule has 0 bridgehead atoms. The van der Waals surface area contributed by atoms with Crippen molar-refractivity contribution in [1.82, 2.24) is 14.5 Å². The lowest BCUT2D eigenvalue weighted by Gasteiger charge is -2.36. The summed E-state index contributed by atoms with van der Waals surface area (Å²) >= 11 is 1.55. The van der Waals surface area contributed by atoms with Gasteiger partial charge >= 0.3 is 0 Å². The van der Waals surface area contributed by atoms with Crippen molar-refractivity contribution in [2.75, 3.05) is 36.8 Å². The second kappa shape index (κ2) is 8.18. The van der Waals surface area contributed by atoms with E-state index < -0.39 is 0 Å². The summed E-state index contributed by atoms with van der Waals surface area (Å²) in [5.74, 6) is 0.724. The fourth-order valence-electron chi connectivity index (χ4n) is 3.81. The quantitative estimate of drug-likeness (QED) is 0.718. The number of piperazine rings is 1. The van der Waals surface area contributed by atoms with Crippen LogP contribution >= 0.6 is 11.8 Å². The fourth-order valence-corrected chi connectivity index (χ4v) is 4.97. The van der Waals surface area contributed by atoms with Crippen molar-refractivity contribution in [3.8, 4) is 0 Å². The first-order chi connectivity index (χ1) is 13.9. The molecule has 29 heavy (non-hydrogen) atoms. The molecular weight excluding hydrogens is 391 g/mol. The van der Waals surface area contributed by atoms with Gasteiger partial charge in [0, 0.05) is 50.1 Å². The fraction of sp³-hybridized carbons (Fsp3) is 0.476. The van der Waals surface area contributed by atoms with Crippen LogP contribution in [0.2, 0.25) is 0 Å². The third-order valence-electron chi connectivity index (χ3n) is 5.54. The number of thioether (sulfide) groups is 1. The Morgan fingerprint density at radius 1 is 1.21 bits per heavy atom. The molecule has 1 atom stereocenters. The third kappa shape index (κ3) is 4.17. The lowest BCUT2D eigenvalue weighted by atomic mass is 10.1. The molecule has 2 aliphatic heterocycles. The first-order valence-electron chi connectivity index (χ1n) is 9.97. The molecule has 154 valence electrons. The van der Waals surface area contributed by atoms with Crippen LogP contribution in [0.25, 0.3) is 0 Å². The van der Waals surface area contributed by atoms with E-state index in [9.17, 15) is 14.0 Å². The molecule has 0 saturated carbocycles. The standard InChI is InChI=1S/C21H25FN4O2S/c1-14(2)18-12-20(28)26-17(13-29-21(26)23-18)11-19(27)25-9-7-24(8-10-25)16-5-3-15(22)4-6-16/h3-6,12,14,17H,7-11,13H2,1-2H3. The molecule has 1 amide bonds. The highest BCUT2D eigenvalue weighted by Gasteiger charge is 2.30. The molecule has 0 spiro atoms. The number of anilines is 1. The van der Waals surface area contributed by atoms with E-state index in [-0.39, 0.29) is 29.2 Å². The number of benzene rings is 1. The molecule has 0 N–H and O–H groups in total. The Morgan fingerprint density at radius 2 is 1.90 bits per heavy atom. The second-order valence-electron chi connectivity index (χ2n) is 7.84. The van der Waals surface area contributed by atoms with Crippen LogP contribution in [0.3, 0.4) is 0 Å². The smallest absolute Gasteiger partial charge is 0.254 e. The summed E-state index contributed by atoms with van der Waals surface area (Å²) in [5.41, 5.74) is 1.71. The van der Waals surface area contributed by atoms with E-state index in [1.165, 1.54) is 12.1 Å². The first kappa shape index (κ1) is 19.9. The predicted molar refractivity (Wildman–Crippen MR) is 112 cm³/mol. The minimum atomic E-state index is -0.248. The summed E-state index contributed by atoms with van der Waals surface area (Å²) in [7, 11) is 0. The monoisotopic (exact) mass is 416 g/mol. The molecule has 1 unspecified atom stereocenters. The van der Waals surface area contributed by atoms with Crippen LogP contribution < -0.4 is 10.5 Å². The summed E-state index contributed by atoms with van der Waals surface area (Å²) in [6, 6.07) is 7.91. The number of carbonyl (C=O) groups excluding carboxylic acids is 1. The van der Waals surface area contributed by atoms with Gasteiger partial charge in [0.1, 0.15) is 5.82 Å². The van der Waals surface area contributed by atoms with Gasteiger partial charge in [-0.25, -0.2) is 9.37 Å². The summed E-state index contributed by atoms with van der Waals surface area (Å²) in [5, 5.41) is 0.722. The van der Waals surface area contributed by atoms with E-state index in [0.717, 1.165) is 16.5 Å². The molecule has 1 saturated heterocycles. The van der Waals surface area contributed by atoms with Gasteiger partial charge in [-0.2, -0.15) is 0 Å². The summed E-state index contributed by atoms with van der Waals surface area (Å²) in [4.78, 5) is 34.1. The highest BCUT2D eigenvalue weighted by molar-refractivity contribution is 7.99. The number of amides is 1. The Kier molecular flexibility index (Phi) is 5.63. The van der Waals surface area contributed by atoms with Crippen LogP contribution in [0, 0.1) is 5.82 Å². The van der Waals surface area contributed by atoms with Crippen LogP contribution in [-0.2, 0) is 4.79 Å². The van der Waals surface area contributed by atoms with Crippen molar-refractivity contribution in [2.24, 2.45) is 0 Å². The minimum Gasteiger partial charge on any atom is -0.368 e. The van der Waals surface area contributed by atoms with Crippen LogP contribution in [0.1, 0.15) is 37.9 Å². The van der Waals surface area contributed by atoms with Gasteiger partial charge < -0.3 is 9.80 Å². The Hall–Kier alpha value is -2.35. The lowest BCUT2D eigenvalue weighted by Crippen LogP contribution is -2.49. The van der Waals surface area contributed by atoms with Crippen molar-refractivity contribution in [1.29, 1.82) is 0 Å². The zero-order valence-corrected chi connectivity index (χ0v) is 17.5. The number of rotatable bonds is 4. The molecule has 2 aliphatic rings. The van der Waals surface area contributed by atoms with E-state index in [0.29, 0.717) is 38.4 Å². The Morgan fingerprint density at radius 3 is 2.55 bits per heavy atom. The molecule has 1 aromatic carbocycles. The van der Waals surface area contributed by atoms with Gasteiger partial charge in [-0.05, 0) is 30.2 Å². The highest BCUT2D eigenvalue weighted by atomic mass is 32.2. The number of fused-ring (bicyclic) bond motifs is 1. The minimum absolute atomic E-state index is 0.0670. The van der Waals surface area contributed by atoms with Gasteiger partial charge in [0.25, 0.3) is 5.56 Å². The molecule has 3 heterocycles. The summed E-state index contributed by atoms with van der Waals surface area (Å²) < 4.78 is 14.8. The molecule has 8 heteroatoms. The lowest BCUT2D eigenvalue weighted by molar-refractivity contribution is -0.132. The van der Waals surface area contributed by atoms with Crippen LogP contribution in [0.15, 0.2) is 40.3 Å². The van der Waals surface area contributed by atoms with Crippen molar-refractivity contribution in [3.05, 3.63) is 52.2 Å². The molecule has 6 nitrogen and oxygen atoms in total. The third-order valence-corrected chi connectivity index (χ3v) is 6.63. The largest absolute Gasteiger partial charge is 0.368 e. The van der Waals surface area contributed by atoms with Crippen molar-refractivity contribution < 1.29 is 9.18 Å². The van der Waals surface area contributed by atoms with Crippen molar-refractivity contribution in [3.63, 3.8) is 0 Å². The van der Waals surface area contributed by atoms with E-state index >= 15 is 0 Å². The zero-order valence-electron chi connectivity index (χ0n) is 16.7. The average Bonchev–Trinajstić information content (AvgIpc) is 3.12. The molecule has 1 fully saturated rings. The van der Waals surface area contributed by atoms with Gasteiger partial charge in [-0.1, -0.05) is 25.6 Å². The maximum Gasteiger partial charge on any atom is 0.254 e. The van der Waals surface area contributed by atoms with Gasteiger partial charge in [-0.3, -0.25) is 14.2 Å². The summed E-state index contributed by atoms with van der Waals surface area (Å²) in [6.45, 7) is 6.72. The highest BCUT2D eigenvalue weighted by Crippen LogP contribution is 2.33. The van der Waals surface area contributed by atoms with E-state index in [1.807, 2.05) is 18.7 Å². The number of hydrogen-bond donors (Lipinski definition) is 0. The second-order valence-corrected chi connectivity index (χ2v) is 8.83. The molecular formula is C21H25FN4O2S. The van der Waals surface area contributed by atoms with Crippen molar-refractivity contribution in [2.45, 2.75) is 37.4 Å². The summed E-state index contributed by atoms with van der Waals surface area (Å²) in [6.07, 6.45) is 0.319. The van der Waals surface area contributed by atoms with Gasteiger partial charge in [0.2, 0.25) is 5.91 Å². The van der Waals surface area contributed by atoms with Crippen LogP contribution in [0.4, 0.5) is 10.1 Å². The first-order valence-corrected chi connectivity index (χ1v) is 11.0. The zero-order chi connectivity index (χ0) is 20.5. The Labute approximate surface area is 173 Å². The van der Waals surface area contributed by atoms with E-state index in [2.05, 4.69) is 9.88 Å². The molecule has 1 aromatic heterocycles. The normalized spacial score (nSPS) is 19.0. The predicted octanol–water partition coefficient (Wildman–Crippen LogP) is 2.89. The van der Waals surface area contributed by atoms with E-state index in [1.54, 1.807) is 34.5 Å². The number of aromatic nitrogens is 2. The number of carbonyl (C=O) groups is 1. The van der Waals surface area contributed by atoms with Gasteiger partial charge in [0.05, 0.1) is 11.7 Å². The molecule has 4 rings (SSSR count). The van der Waals surface area contributed by atoms with Crippen molar-refractivity contribution >= 4 is 23.4 Å². The maximum atomic E-state index is 13.1. The average molecular weight is 417 g/mol. The SMILES string of the molecule is CC(C)c1cc(=O)n2c(n1)SCC2CC(=O)N1CCN(c2ccc(F)cc2)CC1. The van der Waals surface area contributed by atoms with Crippen LogP contribution in [-0.4, -0.2) is 52.3 Å². The number of nitrogens with zero attached hydrogens (tertiary/aromatic N) is 4.